The molecule has 3 aromatic rings. The van der Waals surface area contributed by atoms with E-state index >= 15 is 0 Å². The fraction of sp³-hybridized carbons (Fsp3) is 0.185. The van der Waals surface area contributed by atoms with Crippen LogP contribution in [0.25, 0.3) is 0 Å². The van der Waals surface area contributed by atoms with Crippen LogP contribution in [0, 0.1) is 6.92 Å². The van der Waals surface area contributed by atoms with E-state index in [1.807, 2.05) is 60.7 Å². The summed E-state index contributed by atoms with van der Waals surface area (Å²) in [7, 11) is 3.30. The molecule has 0 unspecified atom stereocenters. The van der Waals surface area contributed by atoms with Crippen molar-refractivity contribution in [1.82, 2.24) is 0 Å². The molecule has 1 saturated heterocycles. The highest BCUT2D eigenvalue weighted by Gasteiger charge is 2.22. The molecular weight excluding hydrogens is 472 g/mol. The summed E-state index contributed by atoms with van der Waals surface area (Å²) in [5, 5.41) is 9.66. The van der Waals surface area contributed by atoms with Gasteiger partial charge < -0.3 is 20.1 Å². The highest BCUT2D eigenvalue weighted by molar-refractivity contribution is 8.14. The van der Waals surface area contributed by atoms with Crippen molar-refractivity contribution < 1.29 is 9.47 Å². The largest absolute Gasteiger partial charge is 0.497 e. The maximum Gasteiger partial charge on any atom is 0.190 e. The van der Waals surface area contributed by atoms with Crippen molar-refractivity contribution in [2.45, 2.75) is 6.92 Å². The summed E-state index contributed by atoms with van der Waals surface area (Å²) in [4.78, 5) is 10.7. The van der Waals surface area contributed by atoms with Crippen molar-refractivity contribution in [2.75, 3.05) is 31.4 Å². The quantitative estimate of drug-likeness (QED) is 0.266. The minimum absolute atomic E-state index is 0.379. The monoisotopic (exact) mass is 500 g/mol. The van der Waals surface area contributed by atoms with Crippen LogP contribution in [0.4, 0.5) is 11.4 Å². The van der Waals surface area contributed by atoms with Gasteiger partial charge in [0, 0.05) is 23.5 Å². The maximum atomic E-state index is 6.11. The Kier molecular flexibility index (Phi) is 8.36. The molecule has 0 aliphatic carbocycles. The van der Waals surface area contributed by atoms with Crippen molar-refractivity contribution in [1.29, 1.82) is 0 Å². The first-order chi connectivity index (χ1) is 17.6. The summed E-state index contributed by atoms with van der Waals surface area (Å²) >= 11 is 1.69. The molecule has 0 bridgehead atoms. The highest BCUT2D eigenvalue weighted by atomic mass is 32.2. The van der Waals surface area contributed by atoms with Gasteiger partial charge in [-0.05, 0) is 60.5 Å². The van der Waals surface area contributed by atoms with Gasteiger partial charge >= 0.3 is 0 Å². The number of rotatable bonds is 8. The summed E-state index contributed by atoms with van der Waals surface area (Å²) in [6.45, 7) is 2.96. The number of benzene rings is 3. The molecule has 1 aliphatic heterocycles. The van der Waals surface area contributed by atoms with Crippen LogP contribution in [0.1, 0.15) is 16.7 Å². The minimum Gasteiger partial charge on any atom is -0.497 e. The van der Waals surface area contributed by atoms with Crippen LogP contribution in [0.2, 0.25) is 0 Å². The van der Waals surface area contributed by atoms with E-state index in [-0.39, 0.29) is 0 Å². The lowest BCUT2D eigenvalue weighted by Gasteiger charge is -2.20. The third-order valence-corrected chi connectivity index (χ3v) is 6.45. The number of hydrogen-bond acceptors (Lipinski definition) is 6. The summed E-state index contributed by atoms with van der Waals surface area (Å²) < 4.78 is 10.5. The van der Waals surface area contributed by atoms with Gasteiger partial charge in [0.25, 0.3) is 0 Å². The SMILES string of the molecule is COc1ccc(N=CN=C(N)c2ccc(/C=N/N=C3\SCCN3c3ccc(OC)cc3C)cc2)cc1. The molecule has 36 heavy (non-hydrogen) atoms. The third kappa shape index (κ3) is 6.31. The fourth-order valence-corrected chi connectivity index (χ4v) is 4.46. The molecule has 9 heteroatoms. The Labute approximate surface area is 215 Å². The van der Waals surface area contributed by atoms with E-state index in [4.69, 9.17) is 15.2 Å². The minimum atomic E-state index is 0.379. The standard InChI is InChI=1S/C27H28N6O2S/c1-19-16-24(35-3)12-13-25(19)33-14-15-36-27(33)32-31-17-20-4-6-21(7-5-20)26(28)30-18-29-22-8-10-23(34-2)11-9-22/h4-13,16-18H,14-15H2,1-3H3,(H2,28,29,30)/b31-17+,32-27-. The smallest absolute Gasteiger partial charge is 0.190 e. The third-order valence-electron chi connectivity index (χ3n) is 5.50. The Hall–Kier alpha value is -4.11. The topological polar surface area (TPSA) is 97.2 Å². The first kappa shape index (κ1) is 25.0. The summed E-state index contributed by atoms with van der Waals surface area (Å²) in [6.07, 6.45) is 3.17. The van der Waals surface area contributed by atoms with Gasteiger partial charge in [-0.2, -0.15) is 5.10 Å². The molecule has 1 fully saturated rings. The van der Waals surface area contributed by atoms with E-state index in [0.717, 1.165) is 57.0 Å². The summed E-state index contributed by atoms with van der Waals surface area (Å²) in [5.41, 5.74) is 10.8. The van der Waals surface area contributed by atoms with Crippen LogP contribution in [0.5, 0.6) is 11.5 Å². The van der Waals surface area contributed by atoms with Gasteiger partial charge in [-0.15, -0.1) is 5.10 Å². The van der Waals surface area contributed by atoms with Gasteiger partial charge in [-0.3, -0.25) is 0 Å². The number of thioether (sulfide) groups is 1. The van der Waals surface area contributed by atoms with Crippen LogP contribution in [0.3, 0.4) is 0 Å². The fourth-order valence-electron chi connectivity index (χ4n) is 3.55. The first-order valence-corrected chi connectivity index (χ1v) is 12.3. The Morgan fingerprint density at radius 3 is 2.39 bits per heavy atom. The highest BCUT2D eigenvalue weighted by Crippen LogP contribution is 2.30. The molecule has 0 saturated carbocycles. The second-order valence-corrected chi connectivity index (χ2v) is 8.92. The van der Waals surface area contributed by atoms with Crippen LogP contribution in [-0.2, 0) is 0 Å². The molecule has 184 valence electrons. The van der Waals surface area contributed by atoms with Crippen LogP contribution in [0.15, 0.2) is 86.9 Å². The number of anilines is 1. The molecule has 2 N–H and O–H groups in total. The normalized spacial score (nSPS) is 15.4. The Morgan fingerprint density at radius 2 is 1.69 bits per heavy atom. The van der Waals surface area contributed by atoms with E-state index in [2.05, 4.69) is 38.1 Å². The average molecular weight is 501 g/mol. The number of nitrogens with two attached hydrogens (primary N) is 1. The van der Waals surface area contributed by atoms with Crippen molar-refractivity contribution in [2.24, 2.45) is 25.9 Å². The molecule has 0 amide bonds. The molecule has 8 nitrogen and oxygen atoms in total. The zero-order chi connectivity index (χ0) is 25.3. The molecule has 1 aliphatic rings. The molecule has 0 radical (unpaired) electrons. The lowest BCUT2D eigenvalue weighted by Crippen LogP contribution is -2.24. The zero-order valence-electron chi connectivity index (χ0n) is 20.5. The van der Waals surface area contributed by atoms with Gasteiger partial charge in [0.15, 0.2) is 5.17 Å². The second kappa shape index (κ2) is 12.0. The zero-order valence-corrected chi connectivity index (χ0v) is 21.3. The van der Waals surface area contributed by atoms with E-state index in [1.165, 1.54) is 6.34 Å². The van der Waals surface area contributed by atoms with Gasteiger partial charge in [-0.25, -0.2) is 9.98 Å². The number of methoxy groups -OCH3 is 2. The second-order valence-electron chi connectivity index (χ2n) is 7.86. The number of aryl methyl sites for hydroxylation is 1. The van der Waals surface area contributed by atoms with E-state index < -0.39 is 0 Å². The maximum absolute atomic E-state index is 6.11. The van der Waals surface area contributed by atoms with Crippen LogP contribution in [-0.4, -0.2) is 50.1 Å². The number of amidine groups is 2. The lowest BCUT2D eigenvalue weighted by atomic mass is 10.1. The number of hydrogen-bond donors (Lipinski definition) is 1. The van der Waals surface area contributed by atoms with E-state index in [0.29, 0.717) is 5.84 Å². The van der Waals surface area contributed by atoms with E-state index in [1.54, 1.807) is 32.2 Å². The molecule has 0 atom stereocenters. The van der Waals surface area contributed by atoms with Crippen molar-refractivity contribution in [3.05, 3.63) is 83.4 Å². The van der Waals surface area contributed by atoms with Crippen LogP contribution >= 0.6 is 11.8 Å². The first-order valence-electron chi connectivity index (χ1n) is 11.3. The molecule has 0 spiro atoms. The predicted octanol–water partition coefficient (Wildman–Crippen LogP) is 5.02. The van der Waals surface area contributed by atoms with Gasteiger partial charge in [0.05, 0.1) is 26.1 Å². The van der Waals surface area contributed by atoms with Crippen molar-refractivity contribution in [3.63, 3.8) is 0 Å². The Morgan fingerprint density at radius 1 is 0.972 bits per heavy atom. The van der Waals surface area contributed by atoms with Gasteiger partial charge in [0.2, 0.25) is 0 Å². The van der Waals surface area contributed by atoms with Crippen molar-refractivity contribution in [3.8, 4) is 11.5 Å². The number of ether oxygens (including phenoxy) is 2. The lowest BCUT2D eigenvalue weighted by molar-refractivity contribution is 0.414. The summed E-state index contributed by atoms with van der Waals surface area (Å²) in [5.74, 6) is 2.97. The van der Waals surface area contributed by atoms with Crippen molar-refractivity contribution >= 4 is 46.7 Å². The molecule has 0 aromatic heterocycles. The molecule has 1 heterocycles. The number of aliphatic imine (C=N–C) groups is 2. The average Bonchev–Trinajstić information content (AvgIpc) is 3.37. The Balaban J connectivity index is 1.39. The summed E-state index contributed by atoms with van der Waals surface area (Å²) in [6, 6.07) is 21.1. The number of nitrogens with zero attached hydrogens (tertiary/aromatic N) is 5. The van der Waals surface area contributed by atoms with Crippen LogP contribution < -0.4 is 20.1 Å². The molecule has 4 rings (SSSR count). The van der Waals surface area contributed by atoms with Gasteiger partial charge in [-0.1, -0.05) is 36.0 Å². The Bertz CT molecular complexity index is 1300. The molecule has 3 aromatic carbocycles. The molecular formula is C27H28N6O2S. The van der Waals surface area contributed by atoms with E-state index in [9.17, 15) is 0 Å². The van der Waals surface area contributed by atoms with Gasteiger partial charge in [0.1, 0.15) is 23.7 Å². The predicted molar refractivity (Wildman–Crippen MR) is 151 cm³/mol.